The normalized spacial score (nSPS) is 21.0. The first-order chi connectivity index (χ1) is 13.5. The molecule has 28 heavy (non-hydrogen) atoms. The Hall–Kier alpha value is -3.13. The number of azide groups is 1. The number of aliphatic hydroxyl groups is 1. The van der Waals surface area contributed by atoms with Crippen LogP contribution in [0.25, 0.3) is 10.4 Å². The number of alkyl carbamates (subject to hydrolysis) is 1. The van der Waals surface area contributed by atoms with E-state index in [2.05, 4.69) is 20.7 Å². The smallest absolute Gasteiger partial charge is 0.407 e. The molecule has 0 aliphatic carbocycles. The van der Waals surface area contributed by atoms with E-state index in [-0.39, 0.29) is 18.4 Å². The number of nitrogens with one attached hydrogen (secondary N) is 2. The van der Waals surface area contributed by atoms with E-state index in [9.17, 15) is 14.3 Å². The molecule has 0 aromatic heterocycles. The van der Waals surface area contributed by atoms with Gasteiger partial charge in [0.2, 0.25) is 0 Å². The zero-order valence-corrected chi connectivity index (χ0v) is 15.0. The van der Waals surface area contributed by atoms with Crippen LogP contribution in [-0.4, -0.2) is 36.0 Å². The maximum Gasteiger partial charge on any atom is 0.407 e. The first-order valence-electron chi connectivity index (χ1n) is 8.79. The third-order valence-corrected chi connectivity index (χ3v) is 4.49. The molecule has 2 aromatic rings. The van der Waals surface area contributed by atoms with Crippen LogP contribution in [-0.2, 0) is 17.7 Å². The van der Waals surface area contributed by atoms with E-state index in [1.165, 1.54) is 12.1 Å². The van der Waals surface area contributed by atoms with Crippen LogP contribution in [0.5, 0.6) is 0 Å². The third-order valence-electron chi connectivity index (χ3n) is 4.49. The number of nitrogens with zero attached hydrogens (tertiary/aromatic N) is 3. The van der Waals surface area contributed by atoms with Gasteiger partial charge in [0.05, 0.1) is 6.04 Å². The lowest BCUT2D eigenvalue weighted by Gasteiger charge is -2.22. The molecule has 2 aromatic carbocycles. The van der Waals surface area contributed by atoms with Crippen LogP contribution in [0.3, 0.4) is 0 Å². The molecule has 0 unspecified atom stereocenters. The first kappa shape index (κ1) is 19.6. The van der Waals surface area contributed by atoms with E-state index in [0.717, 1.165) is 5.56 Å². The summed E-state index contributed by atoms with van der Waals surface area (Å²) >= 11 is 0. The molecule has 0 saturated carbocycles. The average Bonchev–Trinajstić information content (AvgIpc) is 3.02. The molecule has 146 valence electrons. The van der Waals surface area contributed by atoms with Crippen molar-refractivity contribution in [3.8, 4) is 0 Å². The number of benzene rings is 2. The summed E-state index contributed by atoms with van der Waals surface area (Å²) in [5.41, 5.74) is 10.5. The van der Waals surface area contributed by atoms with Crippen molar-refractivity contribution in [1.29, 1.82) is 0 Å². The van der Waals surface area contributed by atoms with Crippen molar-refractivity contribution in [2.75, 3.05) is 6.54 Å². The number of halogens is 1. The van der Waals surface area contributed by atoms with Gasteiger partial charge in [-0.3, -0.25) is 0 Å². The lowest BCUT2D eigenvalue weighted by atomic mass is 10.0. The quantitative estimate of drug-likeness (QED) is 0.402. The fourth-order valence-electron chi connectivity index (χ4n) is 3.11. The van der Waals surface area contributed by atoms with Gasteiger partial charge in [-0.25, -0.2) is 9.18 Å². The number of carbonyl (C=O) groups excluding carboxylic acids is 1. The number of rotatable bonds is 6. The maximum absolute atomic E-state index is 13.2. The van der Waals surface area contributed by atoms with Crippen LogP contribution >= 0.6 is 0 Å². The molecule has 0 spiro atoms. The monoisotopic (exact) mass is 385 g/mol. The highest BCUT2D eigenvalue weighted by atomic mass is 19.1. The second-order valence-corrected chi connectivity index (χ2v) is 6.50. The fraction of sp³-hybridized carbons (Fsp3) is 0.316. The number of hydrogen-bond acceptors (Lipinski definition) is 5. The van der Waals surface area contributed by atoms with Crippen molar-refractivity contribution in [1.82, 2.24) is 10.6 Å². The molecule has 1 saturated heterocycles. The van der Waals surface area contributed by atoms with E-state index in [0.29, 0.717) is 24.2 Å². The second-order valence-electron chi connectivity index (χ2n) is 6.50. The lowest BCUT2D eigenvalue weighted by Crippen LogP contribution is -2.41. The summed E-state index contributed by atoms with van der Waals surface area (Å²) in [5, 5.41) is 19.4. The van der Waals surface area contributed by atoms with Gasteiger partial charge in [-0.05, 0) is 35.2 Å². The van der Waals surface area contributed by atoms with E-state index in [4.69, 9.17) is 10.3 Å². The summed E-state index contributed by atoms with van der Waals surface area (Å²) < 4.78 is 18.6. The average molecular weight is 385 g/mol. The van der Waals surface area contributed by atoms with Gasteiger partial charge in [-0.15, -0.1) is 0 Å². The minimum atomic E-state index is -0.826. The Labute approximate surface area is 161 Å². The van der Waals surface area contributed by atoms with Gasteiger partial charge in [0.25, 0.3) is 0 Å². The lowest BCUT2D eigenvalue weighted by molar-refractivity contribution is 0.0188. The summed E-state index contributed by atoms with van der Waals surface area (Å²) in [6.07, 6.45) is -1.70. The molecule has 1 heterocycles. The SMILES string of the molecule is [N-]=[N+]=Nc1ccc(C[C@H]2NC[C@H](O)[C@H]2OC(=O)NCc2cccc(F)c2)cc1. The Kier molecular flexibility index (Phi) is 6.44. The van der Waals surface area contributed by atoms with Crippen LogP contribution < -0.4 is 10.6 Å². The Bertz CT molecular complexity index is 870. The van der Waals surface area contributed by atoms with Gasteiger partial charge in [0, 0.05) is 23.7 Å². The topological polar surface area (TPSA) is 119 Å². The van der Waals surface area contributed by atoms with E-state index < -0.39 is 18.3 Å². The van der Waals surface area contributed by atoms with Gasteiger partial charge < -0.3 is 20.5 Å². The van der Waals surface area contributed by atoms with Gasteiger partial charge >= 0.3 is 6.09 Å². The van der Waals surface area contributed by atoms with Gasteiger partial charge in [-0.2, -0.15) is 0 Å². The molecular weight excluding hydrogens is 365 g/mol. The zero-order chi connectivity index (χ0) is 19.9. The summed E-state index contributed by atoms with van der Waals surface area (Å²) in [4.78, 5) is 14.8. The maximum atomic E-state index is 13.2. The highest BCUT2D eigenvalue weighted by molar-refractivity contribution is 5.67. The molecule has 0 bridgehead atoms. The van der Waals surface area contributed by atoms with Crippen molar-refractivity contribution in [2.45, 2.75) is 31.2 Å². The molecule has 0 radical (unpaired) electrons. The Morgan fingerprint density at radius 2 is 2.11 bits per heavy atom. The van der Waals surface area contributed by atoms with Crippen LogP contribution in [0, 0.1) is 5.82 Å². The number of aliphatic hydroxyl groups excluding tert-OH is 1. The standard InChI is InChI=1S/C19H20FN5O3/c20-14-3-1-2-13(8-14)10-23-19(27)28-18-16(22-11-17(18)26)9-12-4-6-15(7-5-12)24-25-21/h1-8,16-18,22,26H,9-11H2,(H,23,27)/t16-,17+,18+/m1/s1. The summed E-state index contributed by atoms with van der Waals surface area (Å²) in [7, 11) is 0. The van der Waals surface area contributed by atoms with E-state index >= 15 is 0 Å². The Morgan fingerprint density at radius 1 is 1.32 bits per heavy atom. The number of carbonyl (C=O) groups is 1. The van der Waals surface area contributed by atoms with Crippen LogP contribution in [0.1, 0.15) is 11.1 Å². The number of hydrogen-bond donors (Lipinski definition) is 3. The number of amides is 1. The summed E-state index contributed by atoms with van der Waals surface area (Å²) in [5.74, 6) is -0.380. The molecule has 1 aliphatic heterocycles. The van der Waals surface area contributed by atoms with Crippen LogP contribution in [0.15, 0.2) is 53.6 Å². The molecular formula is C19H20FN5O3. The van der Waals surface area contributed by atoms with Crippen molar-refractivity contribution >= 4 is 11.8 Å². The van der Waals surface area contributed by atoms with Crippen molar-refractivity contribution in [2.24, 2.45) is 5.11 Å². The molecule has 3 rings (SSSR count). The fourth-order valence-corrected chi connectivity index (χ4v) is 3.11. The van der Waals surface area contributed by atoms with Gasteiger partial charge in [0.15, 0.2) is 0 Å². The largest absolute Gasteiger partial charge is 0.442 e. The molecule has 1 aliphatic rings. The van der Waals surface area contributed by atoms with Crippen molar-refractivity contribution in [3.63, 3.8) is 0 Å². The van der Waals surface area contributed by atoms with Crippen molar-refractivity contribution in [3.05, 3.63) is 75.9 Å². The molecule has 3 atom stereocenters. The molecule has 3 N–H and O–H groups in total. The predicted molar refractivity (Wildman–Crippen MR) is 100 cm³/mol. The van der Waals surface area contributed by atoms with Gasteiger partial charge in [-0.1, -0.05) is 41.5 Å². The van der Waals surface area contributed by atoms with E-state index in [1.54, 1.807) is 24.3 Å². The summed E-state index contributed by atoms with van der Waals surface area (Å²) in [6, 6.07) is 12.7. The third kappa shape index (κ3) is 5.20. The second kappa shape index (κ2) is 9.18. The highest BCUT2D eigenvalue weighted by Gasteiger charge is 2.37. The minimum absolute atomic E-state index is 0.123. The summed E-state index contributed by atoms with van der Waals surface area (Å²) in [6.45, 7) is 0.432. The zero-order valence-electron chi connectivity index (χ0n) is 15.0. The molecule has 8 nitrogen and oxygen atoms in total. The minimum Gasteiger partial charge on any atom is -0.442 e. The Morgan fingerprint density at radius 3 is 2.82 bits per heavy atom. The van der Waals surface area contributed by atoms with E-state index in [1.807, 2.05) is 12.1 Å². The molecule has 9 heteroatoms. The van der Waals surface area contributed by atoms with Crippen LogP contribution in [0.4, 0.5) is 14.9 Å². The highest BCUT2D eigenvalue weighted by Crippen LogP contribution is 2.19. The van der Waals surface area contributed by atoms with Crippen molar-refractivity contribution < 1.29 is 19.0 Å². The number of β-amino-alcohol motifs (C(OH)–C–C–N with tert-alkyl or cyclic N) is 1. The molecule has 1 fully saturated rings. The number of ether oxygens (including phenoxy) is 1. The molecule has 1 amide bonds. The van der Waals surface area contributed by atoms with Crippen LogP contribution in [0.2, 0.25) is 0 Å². The predicted octanol–water partition coefficient (Wildman–Crippen LogP) is 2.94. The van der Waals surface area contributed by atoms with Gasteiger partial charge in [0.1, 0.15) is 18.0 Å². The Balaban J connectivity index is 1.56. The first-order valence-corrected chi connectivity index (χ1v) is 8.79.